The number of aromatic nitrogens is 5. The topological polar surface area (TPSA) is 71.9 Å². The highest BCUT2D eigenvalue weighted by atomic mass is 16.5. The number of methoxy groups -OCH3 is 1. The molecule has 1 aliphatic rings. The Morgan fingerprint density at radius 2 is 2.12 bits per heavy atom. The molecule has 3 aromatic heterocycles. The van der Waals surface area contributed by atoms with E-state index in [-0.39, 0.29) is 0 Å². The van der Waals surface area contributed by atoms with Crippen molar-refractivity contribution in [3.63, 3.8) is 0 Å². The van der Waals surface area contributed by atoms with Gasteiger partial charge in [-0.05, 0) is 39.3 Å². The molecule has 1 unspecified atom stereocenters. The smallest absolute Gasteiger partial charge is 0.215 e. The molecule has 1 fully saturated rings. The molecule has 25 heavy (non-hydrogen) atoms. The maximum Gasteiger partial charge on any atom is 0.215 e. The fourth-order valence-corrected chi connectivity index (χ4v) is 3.92. The molecule has 0 bridgehead atoms. The Morgan fingerprint density at radius 3 is 2.84 bits per heavy atom. The van der Waals surface area contributed by atoms with Gasteiger partial charge in [0.15, 0.2) is 5.65 Å². The number of ether oxygens (including phenoxy) is 1. The van der Waals surface area contributed by atoms with Crippen LogP contribution in [0.5, 0.6) is 5.88 Å². The third-order valence-electron chi connectivity index (χ3n) is 5.19. The largest absolute Gasteiger partial charge is 0.481 e. The van der Waals surface area contributed by atoms with Crippen LogP contribution in [0.4, 0.5) is 0 Å². The molecule has 1 aliphatic heterocycles. The van der Waals surface area contributed by atoms with Gasteiger partial charge in [0.05, 0.1) is 24.9 Å². The van der Waals surface area contributed by atoms with E-state index in [2.05, 4.69) is 38.8 Å². The Morgan fingerprint density at radius 1 is 1.28 bits per heavy atom. The monoisotopic (exact) mass is 340 g/mol. The summed E-state index contributed by atoms with van der Waals surface area (Å²) in [7, 11) is 3.64. The van der Waals surface area contributed by atoms with Crippen molar-refractivity contribution in [3.05, 3.63) is 34.9 Å². The third kappa shape index (κ3) is 2.78. The zero-order valence-corrected chi connectivity index (χ0v) is 15.2. The number of aromatic amines is 1. The quantitative estimate of drug-likeness (QED) is 0.790. The van der Waals surface area contributed by atoms with Crippen LogP contribution >= 0.6 is 0 Å². The fourth-order valence-electron chi connectivity index (χ4n) is 3.92. The van der Waals surface area contributed by atoms with E-state index in [1.54, 1.807) is 7.11 Å². The molecule has 0 aliphatic carbocycles. The van der Waals surface area contributed by atoms with Gasteiger partial charge in [0, 0.05) is 30.4 Å². The van der Waals surface area contributed by atoms with Gasteiger partial charge in [-0.3, -0.25) is 9.58 Å². The molecule has 7 heteroatoms. The van der Waals surface area contributed by atoms with E-state index in [4.69, 9.17) is 4.74 Å². The second-order valence-corrected chi connectivity index (χ2v) is 6.74. The standard InChI is InChI=1S/C18H24N6O/c1-11-17(12(2)23(3)22-11)14-6-5-9-24(14)10-15-19-13-7-8-16(25-4)21-18(13)20-15/h7-8,14H,5-6,9-10H2,1-4H3,(H,19,20,21). The summed E-state index contributed by atoms with van der Waals surface area (Å²) in [5.41, 5.74) is 5.41. The van der Waals surface area contributed by atoms with Crippen molar-refractivity contribution in [2.75, 3.05) is 13.7 Å². The molecule has 1 N–H and O–H groups in total. The number of pyridine rings is 1. The van der Waals surface area contributed by atoms with Crippen LogP contribution in [0, 0.1) is 13.8 Å². The first kappa shape index (κ1) is 16.1. The molecule has 7 nitrogen and oxygen atoms in total. The maximum absolute atomic E-state index is 5.18. The van der Waals surface area contributed by atoms with Gasteiger partial charge < -0.3 is 9.72 Å². The van der Waals surface area contributed by atoms with E-state index in [0.29, 0.717) is 17.6 Å². The summed E-state index contributed by atoms with van der Waals surface area (Å²) in [5, 5.41) is 4.59. The highest BCUT2D eigenvalue weighted by Gasteiger charge is 2.30. The summed E-state index contributed by atoms with van der Waals surface area (Å²) in [6, 6.07) is 4.23. The van der Waals surface area contributed by atoms with Crippen molar-refractivity contribution in [1.82, 2.24) is 29.6 Å². The number of imidazole rings is 1. The molecular weight excluding hydrogens is 316 g/mol. The number of H-pyrrole nitrogens is 1. The zero-order valence-electron chi connectivity index (χ0n) is 15.2. The van der Waals surface area contributed by atoms with Crippen LogP contribution in [0.2, 0.25) is 0 Å². The van der Waals surface area contributed by atoms with E-state index in [0.717, 1.165) is 30.1 Å². The van der Waals surface area contributed by atoms with Crippen LogP contribution in [0.1, 0.15) is 41.7 Å². The first-order valence-corrected chi connectivity index (χ1v) is 8.70. The number of likely N-dealkylation sites (tertiary alicyclic amines) is 1. The number of fused-ring (bicyclic) bond motifs is 1. The lowest BCUT2D eigenvalue weighted by Gasteiger charge is -2.24. The lowest BCUT2D eigenvalue weighted by atomic mass is 10.0. The highest BCUT2D eigenvalue weighted by Crippen LogP contribution is 2.36. The molecule has 132 valence electrons. The number of nitrogens with one attached hydrogen (secondary N) is 1. The van der Waals surface area contributed by atoms with Crippen LogP contribution in [-0.4, -0.2) is 43.3 Å². The van der Waals surface area contributed by atoms with Gasteiger partial charge >= 0.3 is 0 Å². The molecule has 0 aromatic carbocycles. The summed E-state index contributed by atoms with van der Waals surface area (Å²) < 4.78 is 7.17. The van der Waals surface area contributed by atoms with Crippen molar-refractivity contribution in [2.45, 2.75) is 39.3 Å². The SMILES string of the molecule is COc1ccc2[nH]c(CN3CCCC3c3c(C)nn(C)c3C)nc2n1. The van der Waals surface area contributed by atoms with Crippen LogP contribution in [0.3, 0.4) is 0 Å². The zero-order chi connectivity index (χ0) is 17.6. The molecule has 1 saturated heterocycles. The van der Waals surface area contributed by atoms with Gasteiger partial charge in [-0.25, -0.2) is 4.98 Å². The Hall–Kier alpha value is -2.41. The van der Waals surface area contributed by atoms with Gasteiger partial charge in [-0.1, -0.05) is 0 Å². The number of hydrogen-bond donors (Lipinski definition) is 1. The molecule has 0 saturated carbocycles. The average Bonchev–Trinajstić information content (AvgIpc) is 3.26. The maximum atomic E-state index is 5.18. The summed E-state index contributed by atoms with van der Waals surface area (Å²) in [6.07, 6.45) is 2.37. The van der Waals surface area contributed by atoms with E-state index < -0.39 is 0 Å². The van der Waals surface area contributed by atoms with Crippen molar-refractivity contribution in [1.29, 1.82) is 0 Å². The Balaban J connectivity index is 1.61. The lowest BCUT2D eigenvalue weighted by Crippen LogP contribution is -2.24. The summed E-state index contributed by atoms with van der Waals surface area (Å²) in [5.74, 6) is 1.54. The van der Waals surface area contributed by atoms with Crippen molar-refractivity contribution < 1.29 is 4.74 Å². The molecule has 0 amide bonds. The van der Waals surface area contributed by atoms with Gasteiger partial charge in [0.1, 0.15) is 5.82 Å². The van der Waals surface area contributed by atoms with E-state index in [1.165, 1.54) is 24.1 Å². The molecule has 3 aromatic rings. The molecule has 1 atom stereocenters. The van der Waals surface area contributed by atoms with Crippen LogP contribution in [-0.2, 0) is 13.6 Å². The van der Waals surface area contributed by atoms with E-state index in [1.807, 2.05) is 23.9 Å². The van der Waals surface area contributed by atoms with Crippen molar-refractivity contribution >= 4 is 11.2 Å². The summed E-state index contributed by atoms with van der Waals surface area (Å²) in [6.45, 7) is 6.13. The van der Waals surface area contributed by atoms with E-state index in [9.17, 15) is 0 Å². The van der Waals surface area contributed by atoms with Gasteiger partial charge in [-0.15, -0.1) is 0 Å². The minimum Gasteiger partial charge on any atom is -0.481 e. The minimum atomic E-state index is 0.407. The number of aryl methyl sites for hydroxylation is 2. The second kappa shape index (κ2) is 6.15. The predicted molar refractivity (Wildman–Crippen MR) is 95.5 cm³/mol. The first-order valence-electron chi connectivity index (χ1n) is 8.70. The average molecular weight is 340 g/mol. The predicted octanol–water partition coefficient (Wildman–Crippen LogP) is 2.65. The van der Waals surface area contributed by atoms with Gasteiger partial charge in [0.2, 0.25) is 5.88 Å². The molecular formula is C18H24N6O. The summed E-state index contributed by atoms with van der Waals surface area (Å²) >= 11 is 0. The van der Waals surface area contributed by atoms with Crippen LogP contribution in [0.15, 0.2) is 12.1 Å². The van der Waals surface area contributed by atoms with Crippen LogP contribution < -0.4 is 4.74 Å². The molecule has 4 heterocycles. The second-order valence-electron chi connectivity index (χ2n) is 6.74. The van der Waals surface area contributed by atoms with Crippen molar-refractivity contribution in [3.8, 4) is 5.88 Å². The fraction of sp³-hybridized carbons (Fsp3) is 0.500. The Bertz CT molecular complexity index is 912. The van der Waals surface area contributed by atoms with Crippen molar-refractivity contribution in [2.24, 2.45) is 7.05 Å². The lowest BCUT2D eigenvalue weighted by molar-refractivity contribution is 0.242. The Kier molecular flexibility index (Phi) is 3.95. The molecule has 0 radical (unpaired) electrons. The highest BCUT2D eigenvalue weighted by molar-refractivity contribution is 5.71. The number of nitrogens with zero attached hydrogens (tertiary/aromatic N) is 5. The summed E-state index contributed by atoms with van der Waals surface area (Å²) in [4.78, 5) is 14.9. The third-order valence-corrected chi connectivity index (χ3v) is 5.19. The first-order chi connectivity index (χ1) is 12.1. The van der Waals surface area contributed by atoms with Crippen LogP contribution in [0.25, 0.3) is 11.2 Å². The Labute approximate surface area is 147 Å². The molecule has 0 spiro atoms. The van der Waals surface area contributed by atoms with E-state index >= 15 is 0 Å². The number of rotatable bonds is 4. The minimum absolute atomic E-state index is 0.407. The molecule has 4 rings (SSSR count). The normalized spacial score (nSPS) is 18.3. The number of hydrogen-bond acceptors (Lipinski definition) is 5. The van der Waals surface area contributed by atoms with Gasteiger partial charge in [0.25, 0.3) is 0 Å². The van der Waals surface area contributed by atoms with Gasteiger partial charge in [-0.2, -0.15) is 10.1 Å².